The Morgan fingerprint density at radius 2 is 1.62 bits per heavy atom. The van der Waals surface area contributed by atoms with Crippen molar-refractivity contribution >= 4 is 23.4 Å². The molecule has 1 atom stereocenters. The van der Waals surface area contributed by atoms with E-state index in [2.05, 4.69) is 0 Å². The Balaban J connectivity index is 1.28. The van der Waals surface area contributed by atoms with Crippen LogP contribution in [0.2, 0.25) is 0 Å². The summed E-state index contributed by atoms with van der Waals surface area (Å²) in [6, 6.07) is 16.5. The van der Waals surface area contributed by atoms with Crippen molar-refractivity contribution in [2.45, 2.75) is 6.42 Å². The van der Waals surface area contributed by atoms with Crippen LogP contribution in [0.4, 0.5) is 5.69 Å². The number of rotatable bonds is 6. The fourth-order valence-electron chi connectivity index (χ4n) is 4.09. The summed E-state index contributed by atoms with van der Waals surface area (Å²) in [7, 11) is 1.58. The zero-order valence-electron chi connectivity index (χ0n) is 18.1. The van der Waals surface area contributed by atoms with E-state index in [0.717, 1.165) is 5.69 Å². The summed E-state index contributed by atoms with van der Waals surface area (Å²) in [5.41, 5.74) is 0.735. The van der Waals surface area contributed by atoms with Crippen LogP contribution < -0.4 is 14.4 Å². The molecule has 8 nitrogen and oxygen atoms in total. The topological polar surface area (TPSA) is 79.4 Å². The molecule has 2 saturated heterocycles. The minimum absolute atomic E-state index is 0.0232. The van der Waals surface area contributed by atoms with Gasteiger partial charge in [0, 0.05) is 50.9 Å². The normalized spacial score (nSPS) is 18.6. The molecule has 2 heterocycles. The Labute approximate surface area is 187 Å². The summed E-state index contributed by atoms with van der Waals surface area (Å²) in [5.74, 6) is 0.752. The van der Waals surface area contributed by atoms with Gasteiger partial charge in [-0.2, -0.15) is 0 Å². The lowest BCUT2D eigenvalue weighted by molar-refractivity contribution is -0.142. The standard InChI is InChI=1S/C24H27N3O5/c1-31-21-9-5-6-19(15-21)27-16-18(14-22(27)28)24(30)26-12-10-25(11-13-26)23(29)17-32-20-7-3-2-4-8-20/h2-9,15,18H,10-14,16-17H2,1H3/t18-/m0/s1. The summed E-state index contributed by atoms with van der Waals surface area (Å²) >= 11 is 0. The molecule has 0 saturated carbocycles. The Bertz CT molecular complexity index is 973. The molecule has 2 aliphatic rings. The van der Waals surface area contributed by atoms with Crippen LogP contribution in [0.25, 0.3) is 0 Å². The van der Waals surface area contributed by atoms with E-state index in [1.165, 1.54) is 0 Å². The fraction of sp³-hybridized carbons (Fsp3) is 0.375. The van der Waals surface area contributed by atoms with Crippen LogP contribution in [0, 0.1) is 5.92 Å². The van der Waals surface area contributed by atoms with Crippen LogP contribution in [-0.2, 0) is 14.4 Å². The molecule has 2 aliphatic heterocycles. The maximum atomic E-state index is 13.0. The first-order valence-electron chi connectivity index (χ1n) is 10.7. The van der Waals surface area contributed by atoms with E-state index in [-0.39, 0.29) is 36.7 Å². The van der Waals surface area contributed by atoms with Gasteiger partial charge in [-0.3, -0.25) is 14.4 Å². The minimum Gasteiger partial charge on any atom is -0.497 e. The number of hydrogen-bond acceptors (Lipinski definition) is 5. The molecule has 8 heteroatoms. The number of carbonyl (C=O) groups is 3. The molecule has 2 aromatic carbocycles. The second-order valence-electron chi connectivity index (χ2n) is 7.91. The van der Waals surface area contributed by atoms with Gasteiger partial charge < -0.3 is 24.2 Å². The molecule has 2 fully saturated rings. The van der Waals surface area contributed by atoms with Crippen molar-refractivity contribution < 1.29 is 23.9 Å². The number of methoxy groups -OCH3 is 1. The number of anilines is 1. The first kappa shape index (κ1) is 21.7. The fourth-order valence-corrected chi connectivity index (χ4v) is 4.09. The van der Waals surface area contributed by atoms with Crippen molar-refractivity contribution in [3.05, 3.63) is 54.6 Å². The average molecular weight is 437 g/mol. The predicted molar refractivity (Wildman–Crippen MR) is 119 cm³/mol. The Hall–Kier alpha value is -3.55. The lowest BCUT2D eigenvalue weighted by atomic mass is 10.1. The van der Waals surface area contributed by atoms with Gasteiger partial charge in [-0.1, -0.05) is 24.3 Å². The van der Waals surface area contributed by atoms with Crippen LogP contribution in [0.3, 0.4) is 0 Å². The molecular weight excluding hydrogens is 410 g/mol. The van der Waals surface area contributed by atoms with Crippen molar-refractivity contribution in [2.24, 2.45) is 5.92 Å². The summed E-state index contributed by atoms with van der Waals surface area (Å²) in [6.07, 6.45) is 0.195. The second-order valence-corrected chi connectivity index (χ2v) is 7.91. The average Bonchev–Trinajstić information content (AvgIpc) is 3.24. The van der Waals surface area contributed by atoms with Gasteiger partial charge in [0.25, 0.3) is 5.91 Å². The van der Waals surface area contributed by atoms with Gasteiger partial charge in [-0.15, -0.1) is 0 Å². The lowest BCUT2D eigenvalue weighted by Crippen LogP contribution is -2.53. The summed E-state index contributed by atoms with van der Waals surface area (Å²) in [6.45, 7) is 2.17. The molecule has 0 bridgehead atoms. The molecule has 4 rings (SSSR count). The number of benzene rings is 2. The van der Waals surface area contributed by atoms with E-state index in [1.54, 1.807) is 27.9 Å². The van der Waals surface area contributed by atoms with Gasteiger partial charge in [0.05, 0.1) is 13.0 Å². The SMILES string of the molecule is COc1cccc(N2C[C@@H](C(=O)N3CCN(C(=O)COc4ccccc4)CC3)CC2=O)c1. The molecule has 3 amide bonds. The summed E-state index contributed by atoms with van der Waals surface area (Å²) < 4.78 is 10.8. The Morgan fingerprint density at radius 3 is 2.34 bits per heavy atom. The third kappa shape index (κ3) is 4.85. The Kier molecular flexibility index (Phi) is 6.58. The number of para-hydroxylation sites is 1. The molecule has 2 aromatic rings. The highest BCUT2D eigenvalue weighted by molar-refractivity contribution is 6.00. The zero-order chi connectivity index (χ0) is 22.5. The van der Waals surface area contributed by atoms with Crippen LogP contribution in [0.1, 0.15) is 6.42 Å². The number of carbonyl (C=O) groups excluding carboxylic acids is 3. The number of piperazine rings is 1. The van der Waals surface area contributed by atoms with E-state index >= 15 is 0 Å². The molecule has 32 heavy (non-hydrogen) atoms. The van der Waals surface area contributed by atoms with Crippen molar-refractivity contribution in [1.29, 1.82) is 0 Å². The van der Waals surface area contributed by atoms with E-state index < -0.39 is 0 Å². The Morgan fingerprint density at radius 1 is 0.938 bits per heavy atom. The quantitative estimate of drug-likeness (QED) is 0.689. The van der Waals surface area contributed by atoms with Gasteiger partial charge in [0.1, 0.15) is 11.5 Å². The minimum atomic E-state index is -0.377. The number of ether oxygens (including phenoxy) is 2. The van der Waals surface area contributed by atoms with Gasteiger partial charge in [-0.25, -0.2) is 0 Å². The molecule has 0 unspecified atom stereocenters. The van der Waals surface area contributed by atoms with Crippen LogP contribution in [0.5, 0.6) is 11.5 Å². The number of hydrogen-bond donors (Lipinski definition) is 0. The van der Waals surface area contributed by atoms with Gasteiger partial charge >= 0.3 is 0 Å². The second kappa shape index (κ2) is 9.72. The van der Waals surface area contributed by atoms with Gasteiger partial charge in [0.2, 0.25) is 11.8 Å². The van der Waals surface area contributed by atoms with Crippen LogP contribution in [-0.4, -0.2) is 74.0 Å². The summed E-state index contributed by atoms with van der Waals surface area (Å²) in [4.78, 5) is 43.1. The van der Waals surface area contributed by atoms with Gasteiger partial charge in [0.15, 0.2) is 6.61 Å². The molecule has 168 valence electrons. The van der Waals surface area contributed by atoms with Crippen molar-refractivity contribution in [3.8, 4) is 11.5 Å². The molecule has 0 aliphatic carbocycles. The number of nitrogens with zero attached hydrogens (tertiary/aromatic N) is 3. The van der Waals surface area contributed by atoms with E-state index in [1.807, 2.05) is 48.5 Å². The molecular formula is C24H27N3O5. The van der Waals surface area contributed by atoms with Crippen molar-refractivity contribution in [3.63, 3.8) is 0 Å². The monoisotopic (exact) mass is 437 g/mol. The maximum Gasteiger partial charge on any atom is 0.260 e. The predicted octanol–water partition coefficient (Wildman–Crippen LogP) is 1.80. The highest BCUT2D eigenvalue weighted by Crippen LogP contribution is 2.29. The highest BCUT2D eigenvalue weighted by Gasteiger charge is 2.38. The van der Waals surface area contributed by atoms with E-state index in [4.69, 9.17) is 9.47 Å². The lowest BCUT2D eigenvalue weighted by Gasteiger charge is -2.35. The first-order chi connectivity index (χ1) is 15.5. The zero-order valence-corrected chi connectivity index (χ0v) is 18.1. The van der Waals surface area contributed by atoms with Crippen molar-refractivity contribution in [2.75, 3.05) is 51.3 Å². The maximum absolute atomic E-state index is 13.0. The van der Waals surface area contributed by atoms with E-state index in [0.29, 0.717) is 44.2 Å². The van der Waals surface area contributed by atoms with Crippen molar-refractivity contribution in [1.82, 2.24) is 9.80 Å². The first-order valence-corrected chi connectivity index (χ1v) is 10.7. The number of amides is 3. The smallest absolute Gasteiger partial charge is 0.260 e. The third-order valence-electron chi connectivity index (χ3n) is 5.89. The third-order valence-corrected chi connectivity index (χ3v) is 5.89. The molecule has 0 aromatic heterocycles. The van der Waals surface area contributed by atoms with Crippen LogP contribution in [0.15, 0.2) is 54.6 Å². The highest BCUT2D eigenvalue weighted by atomic mass is 16.5. The summed E-state index contributed by atoms with van der Waals surface area (Å²) in [5, 5.41) is 0. The molecule has 0 radical (unpaired) electrons. The van der Waals surface area contributed by atoms with E-state index in [9.17, 15) is 14.4 Å². The van der Waals surface area contributed by atoms with Crippen LogP contribution >= 0.6 is 0 Å². The molecule has 0 N–H and O–H groups in total. The van der Waals surface area contributed by atoms with Gasteiger partial charge in [-0.05, 0) is 24.3 Å². The molecule has 0 spiro atoms. The largest absolute Gasteiger partial charge is 0.497 e.